The predicted molar refractivity (Wildman–Crippen MR) is 67.2 cm³/mol. The van der Waals surface area contributed by atoms with Crippen molar-refractivity contribution in [3.63, 3.8) is 0 Å². The molecule has 0 amide bonds. The highest BCUT2D eigenvalue weighted by atomic mass is 19.1. The molecule has 110 valence electrons. The topological polar surface area (TPSA) is 96.4 Å². The molecule has 2 heterocycles. The average molecular weight is 285 g/mol. The number of nitrogens with zero attached hydrogens (tertiary/aromatic N) is 2. The van der Waals surface area contributed by atoms with Crippen LogP contribution in [0.2, 0.25) is 0 Å². The van der Waals surface area contributed by atoms with Crippen LogP contribution in [-0.4, -0.2) is 27.7 Å². The van der Waals surface area contributed by atoms with Crippen molar-refractivity contribution in [1.29, 1.82) is 0 Å². The van der Waals surface area contributed by atoms with E-state index in [1.165, 1.54) is 6.92 Å². The summed E-state index contributed by atoms with van der Waals surface area (Å²) in [6.07, 6.45) is -0.947. The number of esters is 1. The van der Waals surface area contributed by atoms with Gasteiger partial charge in [-0.1, -0.05) is 6.92 Å². The van der Waals surface area contributed by atoms with Gasteiger partial charge in [-0.3, -0.25) is 9.36 Å². The second kappa shape index (κ2) is 5.20. The van der Waals surface area contributed by atoms with E-state index >= 15 is 0 Å². The molecule has 1 fully saturated rings. The summed E-state index contributed by atoms with van der Waals surface area (Å²) in [7, 11) is 0. The third-order valence-corrected chi connectivity index (χ3v) is 3.40. The molecule has 0 radical (unpaired) electrons. The Bertz CT molecular complexity index is 589. The molecule has 0 aromatic carbocycles. The Kier molecular flexibility index (Phi) is 3.76. The zero-order valence-corrected chi connectivity index (χ0v) is 11.4. The first-order valence-electron chi connectivity index (χ1n) is 6.18. The lowest BCUT2D eigenvalue weighted by Gasteiger charge is -2.22. The molecule has 2 N–H and O–H groups in total. The molecule has 0 bridgehead atoms. The summed E-state index contributed by atoms with van der Waals surface area (Å²) in [5.74, 6) is -1.95. The molecule has 1 aromatic heterocycles. The number of aromatic nitrogens is 2. The van der Waals surface area contributed by atoms with Crippen LogP contribution in [0.4, 0.5) is 10.2 Å². The minimum atomic E-state index is -0.918. The van der Waals surface area contributed by atoms with E-state index in [-0.39, 0.29) is 12.0 Å². The third-order valence-electron chi connectivity index (χ3n) is 3.40. The van der Waals surface area contributed by atoms with Gasteiger partial charge in [-0.15, -0.1) is 0 Å². The van der Waals surface area contributed by atoms with Gasteiger partial charge in [-0.05, 0) is 6.92 Å². The maximum Gasteiger partial charge on any atom is 0.351 e. The number of carbonyl (C=O) groups is 1. The molecular weight excluding hydrogens is 269 g/mol. The van der Waals surface area contributed by atoms with Crippen molar-refractivity contribution in [2.75, 3.05) is 5.73 Å². The van der Waals surface area contributed by atoms with Crippen molar-refractivity contribution in [3.8, 4) is 0 Å². The van der Waals surface area contributed by atoms with E-state index in [2.05, 4.69) is 4.98 Å². The van der Waals surface area contributed by atoms with E-state index < -0.39 is 35.6 Å². The van der Waals surface area contributed by atoms with Crippen LogP contribution in [0.25, 0.3) is 0 Å². The SMILES string of the molecule is CC(=O)O[C@H]1C(C)[C@@H](C)O[C@H]1n1cc(F)c(N)nc1=O. The summed E-state index contributed by atoms with van der Waals surface area (Å²) in [6.45, 7) is 4.87. The highest BCUT2D eigenvalue weighted by Gasteiger charge is 2.43. The normalized spacial score (nSPS) is 29.4. The number of hydrogen-bond donors (Lipinski definition) is 1. The lowest BCUT2D eigenvalue weighted by molar-refractivity contribution is -0.153. The van der Waals surface area contributed by atoms with Crippen molar-refractivity contribution < 1.29 is 18.7 Å². The fraction of sp³-hybridized carbons (Fsp3) is 0.583. The van der Waals surface area contributed by atoms with Crippen LogP contribution < -0.4 is 11.4 Å². The number of nitrogens with two attached hydrogens (primary N) is 1. The lowest BCUT2D eigenvalue weighted by Crippen LogP contribution is -2.36. The maximum atomic E-state index is 13.5. The van der Waals surface area contributed by atoms with E-state index in [9.17, 15) is 14.0 Å². The number of ether oxygens (including phenoxy) is 2. The second-order valence-corrected chi connectivity index (χ2v) is 4.83. The van der Waals surface area contributed by atoms with E-state index in [0.29, 0.717) is 0 Å². The zero-order valence-electron chi connectivity index (χ0n) is 11.4. The largest absolute Gasteiger partial charge is 0.457 e. The molecule has 1 saturated heterocycles. The Hall–Kier alpha value is -1.96. The van der Waals surface area contributed by atoms with Gasteiger partial charge in [0.25, 0.3) is 0 Å². The van der Waals surface area contributed by atoms with Crippen LogP contribution in [0.1, 0.15) is 27.0 Å². The number of nitrogen functional groups attached to an aromatic ring is 1. The Morgan fingerprint density at radius 3 is 2.80 bits per heavy atom. The lowest BCUT2D eigenvalue weighted by atomic mass is 10.0. The van der Waals surface area contributed by atoms with E-state index in [0.717, 1.165) is 10.8 Å². The highest BCUT2D eigenvalue weighted by molar-refractivity contribution is 5.66. The van der Waals surface area contributed by atoms with E-state index in [1.54, 1.807) is 6.92 Å². The van der Waals surface area contributed by atoms with Crippen molar-refractivity contribution in [2.45, 2.75) is 39.2 Å². The van der Waals surface area contributed by atoms with Gasteiger partial charge in [-0.2, -0.15) is 4.98 Å². The summed E-state index contributed by atoms with van der Waals surface area (Å²) >= 11 is 0. The molecule has 0 spiro atoms. The Morgan fingerprint density at radius 1 is 1.55 bits per heavy atom. The molecule has 1 aliphatic rings. The summed E-state index contributed by atoms with van der Waals surface area (Å²) in [6, 6.07) is 0. The maximum absolute atomic E-state index is 13.5. The van der Waals surface area contributed by atoms with Crippen LogP contribution in [0.3, 0.4) is 0 Å². The third kappa shape index (κ3) is 2.51. The van der Waals surface area contributed by atoms with Gasteiger partial charge in [-0.25, -0.2) is 9.18 Å². The molecule has 0 saturated carbocycles. The standard InChI is InChI=1S/C12H16FN3O4/c1-5-6(2)19-11(9(5)20-7(3)17)16-4-8(13)10(14)15-12(16)18/h4-6,9,11H,1-3H3,(H2,14,15,18)/t5?,6-,9+,11-/m1/s1. The monoisotopic (exact) mass is 285 g/mol. The van der Waals surface area contributed by atoms with Crippen LogP contribution >= 0.6 is 0 Å². The first kappa shape index (κ1) is 14.4. The van der Waals surface area contributed by atoms with Gasteiger partial charge in [0.1, 0.15) is 0 Å². The fourth-order valence-electron chi connectivity index (χ4n) is 2.17. The Labute approximate surface area is 114 Å². The first-order valence-corrected chi connectivity index (χ1v) is 6.18. The van der Waals surface area contributed by atoms with Gasteiger partial charge in [0.15, 0.2) is 24.0 Å². The number of hydrogen-bond acceptors (Lipinski definition) is 6. The molecule has 7 nitrogen and oxygen atoms in total. The van der Waals surface area contributed by atoms with Crippen LogP contribution in [0.15, 0.2) is 11.0 Å². The van der Waals surface area contributed by atoms with Gasteiger partial charge in [0.2, 0.25) is 0 Å². The Balaban J connectivity index is 2.42. The van der Waals surface area contributed by atoms with Crippen molar-refractivity contribution in [2.24, 2.45) is 5.92 Å². The highest BCUT2D eigenvalue weighted by Crippen LogP contribution is 2.35. The van der Waals surface area contributed by atoms with Gasteiger partial charge in [0.05, 0.1) is 12.3 Å². The molecule has 4 atom stereocenters. The van der Waals surface area contributed by atoms with Crippen LogP contribution in [0.5, 0.6) is 0 Å². The summed E-state index contributed by atoms with van der Waals surface area (Å²) in [4.78, 5) is 26.3. The zero-order chi connectivity index (χ0) is 15.0. The predicted octanol–water partition coefficient (Wildman–Crippen LogP) is 0.450. The molecule has 20 heavy (non-hydrogen) atoms. The average Bonchev–Trinajstić information content (AvgIpc) is 2.61. The second-order valence-electron chi connectivity index (χ2n) is 4.83. The summed E-state index contributed by atoms with van der Waals surface area (Å²) < 4.78 is 25.2. The van der Waals surface area contributed by atoms with E-state index in [4.69, 9.17) is 15.2 Å². The molecule has 0 aliphatic carbocycles. The molecular formula is C12H16FN3O4. The Morgan fingerprint density at radius 2 is 2.20 bits per heavy atom. The molecule has 1 aromatic rings. The minimum absolute atomic E-state index is 0.142. The number of rotatable bonds is 2. The summed E-state index contributed by atoms with van der Waals surface area (Å²) in [5, 5.41) is 0. The van der Waals surface area contributed by atoms with Gasteiger partial charge in [0, 0.05) is 12.8 Å². The van der Waals surface area contributed by atoms with Crippen molar-refractivity contribution >= 4 is 11.8 Å². The van der Waals surface area contributed by atoms with Gasteiger partial charge >= 0.3 is 11.7 Å². The van der Waals surface area contributed by atoms with Crippen LogP contribution in [0, 0.1) is 11.7 Å². The number of anilines is 1. The number of halogens is 1. The summed E-state index contributed by atoms with van der Waals surface area (Å²) in [5.41, 5.74) is 4.48. The smallest absolute Gasteiger partial charge is 0.351 e. The molecule has 2 rings (SSSR count). The van der Waals surface area contributed by atoms with Crippen LogP contribution in [-0.2, 0) is 14.3 Å². The first-order chi connectivity index (χ1) is 9.31. The van der Waals surface area contributed by atoms with Crippen molar-refractivity contribution in [1.82, 2.24) is 9.55 Å². The van der Waals surface area contributed by atoms with Crippen molar-refractivity contribution in [3.05, 3.63) is 22.5 Å². The quantitative estimate of drug-likeness (QED) is 0.792. The van der Waals surface area contributed by atoms with Gasteiger partial charge < -0.3 is 15.2 Å². The molecule has 1 aliphatic heterocycles. The van der Waals surface area contributed by atoms with E-state index in [1.807, 2.05) is 6.92 Å². The fourth-order valence-corrected chi connectivity index (χ4v) is 2.17. The minimum Gasteiger partial charge on any atom is -0.457 e. The molecule has 1 unspecified atom stereocenters. The molecule has 8 heteroatoms. The number of carbonyl (C=O) groups excluding carboxylic acids is 1.